The molecule has 42 valence electrons. The van der Waals surface area contributed by atoms with Crippen molar-refractivity contribution in [2.24, 2.45) is 0 Å². The SMILES string of the molecule is F/C=C/CCCF. The largest absolute Gasteiger partial charge is 0.251 e. The normalized spacial score (nSPS) is 10.6. The van der Waals surface area contributed by atoms with Crippen molar-refractivity contribution in [2.45, 2.75) is 12.8 Å². The second-order valence-electron chi connectivity index (χ2n) is 1.19. The van der Waals surface area contributed by atoms with Crippen LogP contribution in [0.1, 0.15) is 12.8 Å². The zero-order valence-electron chi connectivity index (χ0n) is 4.03. The van der Waals surface area contributed by atoms with Gasteiger partial charge >= 0.3 is 0 Å². The first-order chi connectivity index (χ1) is 3.41. The van der Waals surface area contributed by atoms with Gasteiger partial charge in [-0.2, -0.15) is 0 Å². The second-order valence-corrected chi connectivity index (χ2v) is 1.19. The van der Waals surface area contributed by atoms with Gasteiger partial charge in [0, 0.05) is 0 Å². The van der Waals surface area contributed by atoms with Gasteiger partial charge in [-0.3, -0.25) is 4.39 Å². The summed E-state index contributed by atoms with van der Waals surface area (Å²) in [5, 5.41) is 0. The molecular weight excluding hydrogens is 98.1 g/mol. The van der Waals surface area contributed by atoms with Gasteiger partial charge in [0.25, 0.3) is 0 Å². The van der Waals surface area contributed by atoms with Gasteiger partial charge in [0.15, 0.2) is 0 Å². The zero-order valence-corrected chi connectivity index (χ0v) is 4.03. The van der Waals surface area contributed by atoms with Crippen molar-refractivity contribution in [3.05, 3.63) is 12.4 Å². The summed E-state index contributed by atoms with van der Waals surface area (Å²) in [6, 6.07) is 0. The number of halogens is 2. The lowest BCUT2D eigenvalue weighted by Gasteiger charge is -1.80. The molecule has 0 spiro atoms. The van der Waals surface area contributed by atoms with Crippen LogP contribution in [0, 0.1) is 0 Å². The van der Waals surface area contributed by atoms with Gasteiger partial charge in [-0.15, -0.1) is 0 Å². The highest BCUT2D eigenvalue weighted by Crippen LogP contribution is 1.90. The minimum Gasteiger partial charge on any atom is -0.251 e. The Balaban J connectivity index is 2.69. The molecule has 0 heterocycles. The molecule has 0 saturated heterocycles. The van der Waals surface area contributed by atoms with Crippen LogP contribution >= 0.6 is 0 Å². The predicted molar refractivity (Wildman–Crippen MR) is 25.5 cm³/mol. The molecule has 0 aliphatic carbocycles. The van der Waals surface area contributed by atoms with Gasteiger partial charge in [-0.05, 0) is 12.8 Å². The summed E-state index contributed by atoms with van der Waals surface area (Å²) in [5.41, 5.74) is 0. The molecule has 0 aliphatic heterocycles. The summed E-state index contributed by atoms with van der Waals surface area (Å²) in [6.45, 7) is -0.357. The number of unbranched alkanes of at least 4 members (excludes halogenated alkanes) is 1. The molecule has 0 radical (unpaired) electrons. The molecule has 0 unspecified atom stereocenters. The molecule has 0 N–H and O–H groups in total. The Labute approximate surface area is 41.8 Å². The summed E-state index contributed by atoms with van der Waals surface area (Å²) < 4.78 is 22.2. The molecule has 0 rings (SSSR count). The highest BCUT2D eigenvalue weighted by molar-refractivity contribution is 4.70. The van der Waals surface area contributed by atoms with Crippen LogP contribution < -0.4 is 0 Å². The molecule has 0 aromatic heterocycles. The minimum absolute atomic E-state index is 0.357. The van der Waals surface area contributed by atoms with Crippen LogP contribution in [0.15, 0.2) is 12.4 Å². The van der Waals surface area contributed by atoms with Crippen LogP contribution in [0.5, 0.6) is 0 Å². The van der Waals surface area contributed by atoms with E-state index in [2.05, 4.69) is 0 Å². The molecule has 7 heavy (non-hydrogen) atoms. The molecule has 0 amide bonds. The average Bonchev–Trinajstić information content (AvgIpc) is 1.69. The van der Waals surface area contributed by atoms with Gasteiger partial charge in [0.2, 0.25) is 0 Å². The van der Waals surface area contributed by atoms with Crippen molar-refractivity contribution in [2.75, 3.05) is 6.67 Å². The Bertz CT molecular complexity index is 50.0. The Morgan fingerprint density at radius 2 is 2.14 bits per heavy atom. The summed E-state index contributed by atoms with van der Waals surface area (Å²) in [5.74, 6) is 0. The van der Waals surface area contributed by atoms with Gasteiger partial charge < -0.3 is 0 Å². The van der Waals surface area contributed by atoms with E-state index in [9.17, 15) is 8.78 Å². The Morgan fingerprint density at radius 3 is 2.57 bits per heavy atom. The van der Waals surface area contributed by atoms with E-state index in [1.165, 1.54) is 6.08 Å². The van der Waals surface area contributed by atoms with Crippen LogP contribution in [0.3, 0.4) is 0 Å². The smallest absolute Gasteiger partial charge is 0.0897 e. The summed E-state index contributed by atoms with van der Waals surface area (Å²) in [6.07, 6.45) is 2.68. The van der Waals surface area contributed by atoms with E-state index in [4.69, 9.17) is 0 Å². The summed E-state index contributed by atoms with van der Waals surface area (Å²) >= 11 is 0. The predicted octanol–water partition coefficient (Wildman–Crippen LogP) is 2.22. The fourth-order valence-corrected chi connectivity index (χ4v) is 0.258. The number of alkyl halides is 1. The van der Waals surface area contributed by atoms with Crippen LogP contribution in [-0.4, -0.2) is 6.67 Å². The molecule has 0 saturated carbocycles. The first-order valence-corrected chi connectivity index (χ1v) is 2.23. The van der Waals surface area contributed by atoms with Gasteiger partial charge in [-0.25, -0.2) is 4.39 Å². The van der Waals surface area contributed by atoms with Crippen molar-refractivity contribution < 1.29 is 8.78 Å². The average molecular weight is 106 g/mol. The molecular formula is C5H8F2. The maximum atomic E-state index is 11.2. The quantitative estimate of drug-likeness (QED) is 0.484. The van der Waals surface area contributed by atoms with Crippen molar-refractivity contribution >= 4 is 0 Å². The maximum absolute atomic E-state index is 11.2. The lowest BCUT2D eigenvalue weighted by Crippen LogP contribution is -1.69. The third-order valence-corrected chi connectivity index (χ3v) is 0.594. The lowest BCUT2D eigenvalue weighted by molar-refractivity contribution is 0.475. The molecule has 0 bridgehead atoms. The van der Waals surface area contributed by atoms with E-state index in [1.54, 1.807) is 0 Å². The van der Waals surface area contributed by atoms with E-state index in [0.29, 0.717) is 19.2 Å². The van der Waals surface area contributed by atoms with E-state index in [-0.39, 0.29) is 6.67 Å². The molecule has 0 aromatic rings. The highest BCUT2D eigenvalue weighted by atomic mass is 19.1. The summed E-state index contributed by atoms with van der Waals surface area (Å²) in [4.78, 5) is 0. The van der Waals surface area contributed by atoms with E-state index in [1.807, 2.05) is 0 Å². The van der Waals surface area contributed by atoms with Gasteiger partial charge in [-0.1, -0.05) is 6.08 Å². The van der Waals surface area contributed by atoms with Crippen molar-refractivity contribution in [1.29, 1.82) is 0 Å². The number of rotatable bonds is 3. The zero-order chi connectivity index (χ0) is 5.54. The first kappa shape index (κ1) is 6.60. The van der Waals surface area contributed by atoms with E-state index in [0.717, 1.165) is 0 Å². The standard InChI is InChI=1S/C5H8F2/c6-4-2-1-3-5-7/h2,4H,1,3,5H2/b4-2+. The Morgan fingerprint density at radius 1 is 1.43 bits per heavy atom. The number of hydrogen-bond donors (Lipinski definition) is 0. The van der Waals surface area contributed by atoms with Crippen molar-refractivity contribution in [1.82, 2.24) is 0 Å². The third kappa shape index (κ3) is 5.60. The monoisotopic (exact) mass is 106 g/mol. The van der Waals surface area contributed by atoms with Gasteiger partial charge in [0.1, 0.15) is 0 Å². The van der Waals surface area contributed by atoms with E-state index >= 15 is 0 Å². The number of hydrogen-bond acceptors (Lipinski definition) is 0. The molecule has 2 heteroatoms. The first-order valence-electron chi connectivity index (χ1n) is 2.23. The van der Waals surface area contributed by atoms with Gasteiger partial charge in [0.05, 0.1) is 13.0 Å². The van der Waals surface area contributed by atoms with Crippen molar-refractivity contribution in [3.63, 3.8) is 0 Å². The lowest BCUT2D eigenvalue weighted by atomic mass is 10.3. The van der Waals surface area contributed by atoms with E-state index < -0.39 is 0 Å². The second kappa shape index (κ2) is 5.60. The fraction of sp³-hybridized carbons (Fsp3) is 0.600. The molecule has 0 aromatic carbocycles. The van der Waals surface area contributed by atoms with Crippen molar-refractivity contribution in [3.8, 4) is 0 Å². The molecule has 0 fully saturated rings. The number of allylic oxidation sites excluding steroid dienone is 1. The minimum atomic E-state index is -0.357. The molecule has 0 aliphatic rings. The fourth-order valence-electron chi connectivity index (χ4n) is 0.258. The van der Waals surface area contributed by atoms with Crippen LogP contribution in [-0.2, 0) is 0 Å². The van der Waals surface area contributed by atoms with Crippen LogP contribution in [0.2, 0.25) is 0 Å². The molecule has 0 atom stereocenters. The Kier molecular flexibility index (Phi) is 5.28. The Hall–Kier alpha value is -0.400. The van der Waals surface area contributed by atoms with Crippen LogP contribution in [0.25, 0.3) is 0 Å². The third-order valence-electron chi connectivity index (χ3n) is 0.594. The maximum Gasteiger partial charge on any atom is 0.0897 e. The van der Waals surface area contributed by atoms with Crippen LogP contribution in [0.4, 0.5) is 8.78 Å². The summed E-state index contributed by atoms with van der Waals surface area (Å²) in [7, 11) is 0. The highest BCUT2D eigenvalue weighted by Gasteiger charge is 1.76. The molecule has 0 nitrogen and oxygen atoms in total. The topological polar surface area (TPSA) is 0 Å².